The number of halogens is 1. The Morgan fingerprint density at radius 2 is 2.20 bits per heavy atom. The number of hydrogen-bond donors (Lipinski definition) is 1. The van der Waals surface area contributed by atoms with Gasteiger partial charge in [-0.25, -0.2) is 14.4 Å². The molecule has 0 saturated carbocycles. The van der Waals surface area contributed by atoms with Gasteiger partial charge in [0, 0.05) is 25.5 Å². The summed E-state index contributed by atoms with van der Waals surface area (Å²) in [5.74, 6) is 0.607. The highest BCUT2D eigenvalue weighted by Crippen LogP contribution is 2.22. The van der Waals surface area contributed by atoms with Crippen molar-refractivity contribution in [3.05, 3.63) is 36.5 Å². The smallest absolute Gasteiger partial charge is 0.164 e. The van der Waals surface area contributed by atoms with E-state index in [4.69, 9.17) is 0 Å². The number of rotatable bonds is 2. The van der Waals surface area contributed by atoms with Crippen molar-refractivity contribution in [1.82, 2.24) is 15.0 Å². The summed E-state index contributed by atoms with van der Waals surface area (Å²) < 4.78 is 13.7. The van der Waals surface area contributed by atoms with Gasteiger partial charge in [0.25, 0.3) is 0 Å². The monoisotopic (exact) mass is 274 g/mol. The summed E-state index contributed by atoms with van der Waals surface area (Å²) in [4.78, 5) is 14.2. The third-order valence-corrected chi connectivity index (χ3v) is 3.37. The molecule has 0 unspecified atom stereocenters. The Morgan fingerprint density at radius 3 is 3.00 bits per heavy atom. The molecular formula is C14H15FN4O. The molecule has 0 bridgehead atoms. The lowest BCUT2D eigenvalue weighted by Gasteiger charge is -2.31. The van der Waals surface area contributed by atoms with Crippen LogP contribution in [-0.4, -0.2) is 39.3 Å². The van der Waals surface area contributed by atoms with Crippen LogP contribution in [0.25, 0.3) is 11.4 Å². The Kier molecular flexibility index (Phi) is 3.56. The van der Waals surface area contributed by atoms with Gasteiger partial charge in [-0.05, 0) is 25.0 Å². The van der Waals surface area contributed by atoms with E-state index in [1.165, 1.54) is 6.20 Å². The fourth-order valence-corrected chi connectivity index (χ4v) is 2.37. The molecular weight excluding hydrogens is 259 g/mol. The Bertz CT molecular complexity index is 607. The lowest BCUT2D eigenvalue weighted by Crippen LogP contribution is -2.38. The topological polar surface area (TPSA) is 62.1 Å². The molecule has 1 aliphatic rings. The molecule has 1 N–H and O–H groups in total. The lowest BCUT2D eigenvalue weighted by atomic mass is 10.1. The van der Waals surface area contributed by atoms with Gasteiger partial charge in [-0.1, -0.05) is 0 Å². The second-order valence-electron chi connectivity index (χ2n) is 4.84. The average molecular weight is 274 g/mol. The molecule has 0 amide bonds. The van der Waals surface area contributed by atoms with Crippen molar-refractivity contribution >= 4 is 5.82 Å². The maximum Gasteiger partial charge on any atom is 0.164 e. The van der Waals surface area contributed by atoms with Crippen molar-refractivity contribution in [3.8, 4) is 11.4 Å². The molecule has 2 aromatic heterocycles. The fourth-order valence-electron chi connectivity index (χ4n) is 2.37. The molecule has 2 aromatic rings. The van der Waals surface area contributed by atoms with Gasteiger partial charge in [0.2, 0.25) is 0 Å². The predicted octanol–water partition coefficient (Wildman–Crippen LogP) is 1.64. The molecule has 1 fully saturated rings. The van der Waals surface area contributed by atoms with Gasteiger partial charge in [-0.3, -0.25) is 4.98 Å². The molecule has 3 rings (SSSR count). The molecule has 6 heteroatoms. The summed E-state index contributed by atoms with van der Waals surface area (Å²) in [5.41, 5.74) is 0.333. The van der Waals surface area contributed by atoms with E-state index in [9.17, 15) is 9.50 Å². The first kappa shape index (κ1) is 12.9. The Labute approximate surface area is 116 Å². The van der Waals surface area contributed by atoms with E-state index < -0.39 is 5.82 Å². The standard InChI is InChI=1S/C14H15FN4O/c15-12-8-16-5-3-11(12)14-17-6-4-13(18-14)19-7-1-2-10(20)9-19/h3-6,8,10,20H,1-2,7,9H2/t10-/m1/s1. The van der Waals surface area contributed by atoms with E-state index in [0.717, 1.165) is 25.6 Å². The first-order chi connectivity index (χ1) is 9.74. The normalized spacial score (nSPS) is 19.1. The van der Waals surface area contributed by atoms with Gasteiger partial charge in [-0.2, -0.15) is 0 Å². The van der Waals surface area contributed by atoms with Crippen molar-refractivity contribution in [2.45, 2.75) is 18.9 Å². The second-order valence-corrected chi connectivity index (χ2v) is 4.84. The van der Waals surface area contributed by atoms with Crippen LogP contribution in [0.5, 0.6) is 0 Å². The zero-order valence-electron chi connectivity index (χ0n) is 10.9. The molecule has 0 radical (unpaired) electrons. The molecule has 0 spiro atoms. The summed E-state index contributed by atoms with van der Waals surface area (Å²) in [6, 6.07) is 3.33. The zero-order chi connectivity index (χ0) is 13.9. The van der Waals surface area contributed by atoms with Gasteiger partial charge >= 0.3 is 0 Å². The fraction of sp³-hybridized carbons (Fsp3) is 0.357. The molecule has 1 atom stereocenters. The Hall–Kier alpha value is -2.08. The summed E-state index contributed by atoms with van der Waals surface area (Å²) >= 11 is 0. The molecule has 20 heavy (non-hydrogen) atoms. The van der Waals surface area contributed by atoms with Crippen LogP contribution in [-0.2, 0) is 0 Å². The number of hydrogen-bond acceptors (Lipinski definition) is 5. The molecule has 0 aliphatic carbocycles. The van der Waals surface area contributed by atoms with Crippen molar-refractivity contribution in [1.29, 1.82) is 0 Å². The van der Waals surface area contributed by atoms with Crippen molar-refractivity contribution < 1.29 is 9.50 Å². The summed E-state index contributed by atoms with van der Waals surface area (Å²) in [6.07, 6.45) is 5.67. The number of aliphatic hydroxyl groups is 1. The molecule has 5 nitrogen and oxygen atoms in total. The summed E-state index contributed by atoms with van der Waals surface area (Å²) in [6.45, 7) is 1.39. The van der Waals surface area contributed by atoms with E-state index in [0.29, 0.717) is 23.8 Å². The predicted molar refractivity (Wildman–Crippen MR) is 72.7 cm³/mol. The highest BCUT2D eigenvalue weighted by Gasteiger charge is 2.19. The highest BCUT2D eigenvalue weighted by molar-refractivity contribution is 5.57. The van der Waals surface area contributed by atoms with Crippen molar-refractivity contribution in [3.63, 3.8) is 0 Å². The van der Waals surface area contributed by atoms with Crippen molar-refractivity contribution in [2.24, 2.45) is 0 Å². The number of aliphatic hydroxyl groups excluding tert-OH is 1. The van der Waals surface area contributed by atoms with Gasteiger partial charge in [0.1, 0.15) is 5.82 Å². The van der Waals surface area contributed by atoms with Crippen LogP contribution in [0.3, 0.4) is 0 Å². The van der Waals surface area contributed by atoms with E-state index in [2.05, 4.69) is 15.0 Å². The number of nitrogens with zero attached hydrogens (tertiary/aromatic N) is 4. The lowest BCUT2D eigenvalue weighted by molar-refractivity contribution is 0.154. The summed E-state index contributed by atoms with van der Waals surface area (Å²) in [5, 5.41) is 9.72. The third-order valence-electron chi connectivity index (χ3n) is 3.37. The SMILES string of the molecule is O[C@@H]1CCCN(c2ccnc(-c3ccncc3F)n2)C1. The van der Waals surface area contributed by atoms with Crippen LogP contribution in [0.1, 0.15) is 12.8 Å². The summed E-state index contributed by atoms with van der Waals surface area (Å²) in [7, 11) is 0. The largest absolute Gasteiger partial charge is 0.391 e. The molecule has 1 saturated heterocycles. The molecule has 3 heterocycles. The maximum atomic E-state index is 13.7. The minimum Gasteiger partial charge on any atom is -0.391 e. The van der Waals surface area contributed by atoms with Crippen LogP contribution in [0, 0.1) is 5.82 Å². The van der Waals surface area contributed by atoms with Gasteiger partial charge in [-0.15, -0.1) is 0 Å². The van der Waals surface area contributed by atoms with E-state index in [1.807, 2.05) is 4.90 Å². The molecule has 0 aromatic carbocycles. The molecule has 1 aliphatic heterocycles. The minimum absolute atomic E-state index is 0.333. The van der Waals surface area contributed by atoms with E-state index in [-0.39, 0.29) is 6.10 Å². The van der Waals surface area contributed by atoms with Gasteiger partial charge in [0.05, 0.1) is 17.9 Å². The zero-order valence-corrected chi connectivity index (χ0v) is 10.9. The van der Waals surface area contributed by atoms with Crippen LogP contribution in [0.2, 0.25) is 0 Å². The first-order valence-corrected chi connectivity index (χ1v) is 6.60. The number of pyridine rings is 1. The van der Waals surface area contributed by atoms with Crippen LogP contribution >= 0.6 is 0 Å². The number of aromatic nitrogens is 3. The van der Waals surface area contributed by atoms with Crippen molar-refractivity contribution in [2.75, 3.05) is 18.0 Å². The quantitative estimate of drug-likeness (QED) is 0.902. The second kappa shape index (κ2) is 5.50. The van der Waals surface area contributed by atoms with Crippen LogP contribution < -0.4 is 4.90 Å². The number of anilines is 1. The highest BCUT2D eigenvalue weighted by atomic mass is 19.1. The number of β-amino-alcohol motifs (C(OH)–C–C–N with tert-alkyl or cyclic N) is 1. The Morgan fingerprint density at radius 1 is 1.30 bits per heavy atom. The van der Waals surface area contributed by atoms with E-state index in [1.54, 1.807) is 18.3 Å². The number of piperidine rings is 1. The molecule has 104 valence electrons. The first-order valence-electron chi connectivity index (χ1n) is 6.60. The van der Waals surface area contributed by atoms with Crippen LogP contribution in [0.15, 0.2) is 30.7 Å². The van der Waals surface area contributed by atoms with Crippen LogP contribution in [0.4, 0.5) is 10.2 Å². The minimum atomic E-state index is -0.441. The van der Waals surface area contributed by atoms with Gasteiger partial charge < -0.3 is 10.0 Å². The Balaban J connectivity index is 1.92. The third kappa shape index (κ3) is 2.60. The van der Waals surface area contributed by atoms with Gasteiger partial charge in [0.15, 0.2) is 11.6 Å². The average Bonchev–Trinajstić information content (AvgIpc) is 2.48. The maximum absolute atomic E-state index is 13.7. The van der Waals surface area contributed by atoms with E-state index >= 15 is 0 Å².